The van der Waals surface area contributed by atoms with Crippen LogP contribution in [0.15, 0.2) is 18.2 Å². The van der Waals surface area contributed by atoms with Crippen molar-refractivity contribution in [3.8, 4) is 11.5 Å². The molecule has 6 nitrogen and oxygen atoms in total. The molecule has 1 aliphatic rings. The minimum atomic E-state index is -0.707. The summed E-state index contributed by atoms with van der Waals surface area (Å²) in [7, 11) is 0. The lowest BCUT2D eigenvalue weighted by Crippen LogP contribution is -2.41. The summed E-state index contributed by atoms with van der Waals surface area (Å²) in [6, 6.07) is 4.80. The van der Waals surface area contributed by atoms with Crippen molar-refractivity contribution in [3.63, 3.8) is 0 Å². The van der Waals surface area contributed by atoms with Gasteiger partial charge in [-0.3, -0.25) is 4.79 Å². The van der Waals surface area contributed by atoms with Crippen LogP contribution in [0, 0.1) is 0 Å². The maximum Gasteiger partial charge on any atom is 0.236 e. The summed E-state index contributed by atoms with van der Waals surface area (Å²) in [5, 5.41) is 3.03. The topological polar surface area (TPSA) is 99.6 Å². The number of anilines is 1. The Morgan fingerprint density at radius 1 is 1.33 bits per heavy atom. The fraction of sp³-hybridized carbons (Fsp3) is 0.417. The fourth-order valence-corrected chi connectivity index (χ4v) is 1.60. The first-order chi connectivity index (χ1) is 8.66. The summed E-state index contributed by atoms with van der Waals surface area (Å²) < 4.78 is 11.1. The number of fused-ring (bicyclic) bond motifs is 1. The highest BCUT2D eigenvalue weighted by molar-refractivity contribution is 5.80. The molecule has 0 saturated carbocycles. The number of primary amides is 1. The summed E-state index contributed by atoms with van der Waals surface area (Å²) >= 11 is 0. The minimum absolute atomic E-state index is 0.287. The summed E-state index contributed by atoms with van der Waals surface area (Å²) in [4.78, 5) is 10.8. The largest absolute Gasteiger partial charge is 0.490 e. The third kappa shape index (κ3) is 3.04. The maximum atomic E-state index is 10.8. The van der Waals surface area contributed by atoms with Gasteiger partial charge in [-0.05, 0) is 12.1 Å². The van der Waals surface area contributed by atoms with E-state index in [-0.39, 0.29) is 6.54 Å². The van der Waals surface area contributed by atoms with Gasteiger partial charge in [0.05, 0.1) is 13.2 Å². The standard InChI is InChI=1S/C12H17N3O3/c13-9(12(14)16)7-15-8-2-3-10-11(6-8)18-5-1-4-17-10/h2-3,6,9,15H,1,4-5,7,13H2,(H2,14,16). The Labute approximate surface area is 105 Å². The molecular weight excluding hydrogens is 234 g/mol. The molecule has 0 saturated heterocycles. The third-order valence-electron chi connectivity index (χ3n) is 2.64. The molecule has 18 heavy (non-hydrogen) atoms. The van der Waals surface area contributed by atoms with Crippen LogP contribution in [-0.2, 0) is 4.79 Å². The summed E-state index contributed by atoms with van der Waals surface area (Å²) in [5.41, 5.74) is 11.4. The predicted molar refractivity (Wildman–Crippen MR) is 67.7 cm³/mol. The molecule has 0 aromatic heterocycles. The van der Waals surface area contributed by atoms with Crippen molar-refractivity contribution >= 4 is 11.6 Å². The second-order valence-electron chi connectivity index (χ2n) is 4.10. The van der Waals surface area contributed by atoms with E-state index in [0.717, 1.165) is 17.9 Å². The molecule has 2 rings (SSSR count). The van der Waals surface area contributed by atoms with Gasteiger partial charge in [0.25, 0.3) is 0 Å². The van der Waals surface area contributed by atoms with Crippen LogP contribution >= 0.6 is 0 Å². The molecular formula is C12H17N3O3. The summed E-state index contributed by atoms with van der Waals surface area (Å²) in [6.07, 6.45) is 0.865. The number of ether oxygens (including phenoxy) is 2. The fourth-order valence-electron chi connectivity index (χ4n) is 1.60. The van der Waals surface area contributed by atoms with Gasteiger partial charge >= 0.3 is 0 Å². The van der Waals surface area contributed by atoms with Crippen molar-refractivity contribution in [1.29, 1.82) is 0 Å². The van der Waals surface area contributed by atoms with Gasteiger partial charge in [0.2, 0.25) is 5.91 Å². The van der Waals surface area contributed by atoms with Crippen LogP contribution in [0.5, 0.6) is 11.5 Å². The zero-order valence-electron chi connectivity index (χ0n) is 10.0. The first-order valence-corrected chi connectivity index (χ1v) is 5.85. The van der Waals surface area contributed by atoms with E-state index in [4.69, 9.17) is 20.9 Å². The Morgan fingerprint density at radius 3 is 2.78 bits per heavy atom. The average molecular weight is 251 g/mol. The predicted octanol–water partition coefficient (Wildman–Crippen LogP) is 0.0724. The highest BCUT2D eigenvalue weighted by atomic mass is 16.5. The molecule has 1 aromatic rings. The zero-order chi connectivity index (χ0) is 13.0. The number of carbonyl (C=O) groups excluding carboxylic acids is 1. The monoisotopic (exact) mass is 251 g/mol. The van der Waals surface area contributed by atoms with Gasteiger partial charge in [0.15, 0.2) is 11.5 Å². The summed E-state index contributed by atoms with van der Waals surface area (Å²) in [6.45, 7) is 1.58. The second kappa shape index (κ2) is 5.59. The molecule has 5 N–H and O–H groups in total. The van der Waals surface area contributed by atoms with E-state index in [1.165, 1.54) is 0 Å². The maximum absolute atomic E-state index is 10.8. The van der Waals surface area contributed by atoms with E-state index in [2.05, 4.69) is 5.32 Å². The lowest BCUT2D eigenvalue weighted by atomic mass is 10.2. The molecule has 6 heteroatoms. The Bertz CT molecular complexity index is 437. The molecule has 98 valence electrons. The van der Waals surface area contributed by atoms with Crippen molar-refractivity contribution < 1.29 is 14.3 Å². The molecule has 1 amide bonds. The number of nitrogens with two attached hydrogens (primary N) is 2. The first-order valence-electron chi connectivity index (χ1n) is 5.85. The van der Waals surface area contributed by atoms with Crippen LogP contribution in [0.25, 0.3) is 0 Å². The van der Waals surface area contributed by atoms with Crippen LogP contribution in [0.4, 0.5) is 5.69 Å². The third-order valence-corrected chi connectivity index (χ3v) is 2.64. The van der Waals surface area contributed by atoms with Crippen LogP contribution in [-0.4, -0.2) is 31.7 Å². The van der Waals surface area contributed by atoms with Crippen LogP contribution in [0.3, 0.4) is 0 Å². The van der Waals surface area contributed by atoms with E-state index in [1.54, 1.807) is 0 Å². The van der Waals surface area contributed by atoms with Crippen molar-refractivity contribution in [2.75, 3.05) is 25.1 Å². The van der Waals surface area contributed by atoms with Gasteiger partial charge in [-0.2, -0.15) is 0 Å². The second-order valence-corrected chi connectivity index (χ2v) is 4.10. The van der Waals surface area contributed by atoms with E-state index < -0.39 is 11.9 Å². The molecule has 0 spiro atoms. The SMILES string of the molecule is NC(=O)C(N)CNc1ccc2c(c1)OCCCO2. The van der Waals surface area contributed by atoms with Crippen LogP contribution in [0.1, 0.15) is 6.42 Å². The smallest absolute Gasteiger partial charge is 0.236 e. The molecule has 1 heterocycles. The zero-order valence-corrected chi connectivity index (χ0v) is 10.0. The number of hydrogen-bond acceptors (Lipinski definition) is 5. The Hall–Kier alpha value is -1.95. The van der Waals surface area contributed by atoms with Gasteiger partial charge in [0.1, 0.15) is 6.04 Å². The van der Waals surface area contributed by atoms with Gasteiger partial charge in [-0.15, -0.1) is 0 Å². The lowest BCUT2D eigenvalue weighted by molar-refractivity contribution is -0.118. The quantitative estimate of drug-likeness (QED) is 0.703. The van der Waals surface area contributed by atoms with Gasteiger partial charge < -0.3 is 26.3 Å². The molecule has 0 fully saturated rings. The molecule has 1 aliphatic heterocycles. The molecule has 0 aliphatic carbocycles. The Kier molecular flexibility index (Phi) is 3.88. The highest BCUT2D eigenvalue weighted by Gasteiger charge is 2.12. The number of carbonyl (C=O) groups is 1. The van der Waals surface area contributed by atoms with E-state index >= 15 is 0 Å². The van der Waals surface area contributed by atoms with Gasteiger partial charge in [0, 0.05) is 24.7 Å². The van der Waals surface area contributed by atoms with Crippen molar-refractivity contribution in [3.05, 3.63) is 18.2 Å². The lowest BCUT2D eigenvalue weighted by Gasteiger charge is -2.13. The van der Waals surface area contributed by atoms with Crippen molar-refractivity contribution in [1.82, 2.24) is 0 Å². The number of amides is 1. The van der Waals surface area contributed by atoms with Crippen molar-refractivity contribution in [2.24, 2.45) is 11.5 Å². The average Bonchev–Trinajstić information content (AvgIpc) is 2.60. The number of benzene rings is 1. The number of rotatable bonds is 4. The first kappa shape index (κ1) is 12.5. The van der Waals surface area contributed by atoms with E-state index in [1.807, 2.05) is 18.2 Å². The van der Waals surface area contributed by atoms with Crippen LogP contribution in [0.2, 0.25) is 0 Å². The molecule has 1 unspecified atom stereocenters. The highest BCUT2D eigenvalue weighted by Crippen LogP contribution is 2.32. The molecule has 0 bridgehead atoms. The van der Waals surface area contributed by atoms with E-state index in [0.29, 0.717) is 19.0 Å². The Morgan fingerprint density at radius 2 is 2.06 bits per heavy atom. The number of nitrogens with one attached hydrogen (secondary N) is 1. The van der Waals surface area contributed by atoms with Crippen LogP contribution < -0.4 is 26.3 Å². The van der Waals surface area contributed by atoms with Gasteiger partial charge in [-0.1, -0.05) is 0 Å². The van der Waals surface area contributed by atoms with E-state index in [9.17, 15) is 4.79 Å². The normalized spacial score (nSPS) is 15.6. The minimum Gasteiger partial charge on any atom is -0.490 e. The van der Waals surface area contributed by atoms with Crippen molar-refractivity contribution in [2.45, 2.75) is 12.5 Å². The Balaban J connectivity index is 2.02. The summed E-state index contributed by atoms with van der Waals surface area (Å²) in [5.74, 6) is 0.902. The molecule has 1 atom stereocenters. The van der Waals surface area contributed by atoms with Gasteiger partial charge in [-0.25, -0.2) is 0 Å². The number of hydrogen-bond donors (Lipinski definition) is 3. The molecule has 1 aromatic carbocycles. The molecule has 0 radical (unpaired) electrons.